The van der Waals surface area contributed by atoms with Crippen molar-refractivity contribution < 1.29 is 8.78 Å². The summed E-state index contributed by atoms with van der Waals surface area (Å²) in [4.78, 5) is 4.64. The van der Waals surface area contributed by atoms with Crippen LogP contribution in [0.1, 0.15) is 22.3 Å². The van der Waals surface area contributed by atoms with Crippen LogP contribution in [0.2, 0.25) is 0 Å². The van der Waals surface area contributed by atoms with Crippen LogP contribution in [0.3, 0.4) is 0 Å². The second-order valence-electron chi connectivity index (χ2n) is 13.6. The summed E-state index contributed by atoms with van der Waals surface area (Å²) in [6.45, 7) is 10.9. The van der Waals surface area contributed by atoms with Gasteiger partial charge in [-0.1, -0.05) is 0 Å². The Morgan fingerprint density at radius 2 is 0.918 bits per heavy atom. The van der Waals surface area contributed by atoms with E-state index in [1.807, 2.05) is 12.1 Å². The molecule has 248 valence electrons. The molecule has 0 unspecified atom stereocenters. The molecule has 6 heteroatoms. The van der Waals surface area contributed by atoms with E-state index in [-0.39, 0.29) is 11.6 Å². The zero-order valence-corrected chi connectivity index (χ0v) is 31.0. The van der Waals surface area contributed by atoms with Gasteiger partial charge in [-0.15, -0.1) is 0 Å². The monoisotopic (exact) mass is 686 g/mol. The van der Waals surface area contributed by atoms with Crippen molar-refractivity contribution in [2.75, 3.05) is 30.6 Å². The molecule has 0 amide bonds. The third-order valence-electron chi connectivity index (χ3n) is 10.0. The minimum absolute atomic E-state index is 0.232. The van der Waals surface area contributed by atoms with Crippen molar-refractivity contribution in [1.29, 1.82) is 0 Å². The molecule has 0 saturated heterocycles. The molecule has 0 N–H and O–H groups in total. The van der Waals surface area contributed by atoms with E-state index in [4.69, 9.17) is 0 Å². The first-order valence-corrected chi connectivity index (χ1v) is 20.5. The van der Waals surface area contributed by atoms with Crippen LogP contribution in [-0.4, -0.2) is 20.8 Å². The van der Waals surface area contributed by atoms with Crippen molar-refractivity contribution in [3.05, 3.63) is 155 Å². The summed E-state index contributed by atoms with van der Waals surface area (Å²) >= 11 is 0. The molecule has 0 aliphatic carbocycles. The third kappa shape index (κ3) is 5.86. The predicted molar refractivity (Wildman–Crippen MR) is 213 cm³/mol. The quantitative estimate of drug-likeness (QED) is 0.169. The number of hydrogen-bond acceptors (Lipinski definition) is 2. The predicted octanol–water partition coefficient (Wildman–Crippen LogP) is 8.46. The first kappa shape index (κ1) is 33.2. The zero-order chi connectivity index (χ0) is 34.6. The first-order valence-electron chi connectivity index (χ1n) is 16.7. The van der Waals surface area contributed by atoms with Gasteiger partial charge in [0, 0.05) is 0 Å². The van der Waals surface area contributed by atoms with E-state index in [2.05, 4.69) is 143 Å². The molecule has 1 aliphatic heterocycles. The Morgan fingerprint density at radius 1 is 0.490 bits per heavy atom. The normalized spacial score (nSPS) is 16.0. The maximum atomic E-state index is 15.3. The summed E-state index contributed by atoms with van der Waals surface area (Å²) < 4.78 is 30.4. The van der Waals surface area contributed by atoms with Crippen LogP contribution < -0.4 is 41.6 Å². The Morgan fingerprint density at radius 3 is 1.39 bits per heavy atom. The van der Waals surface area contributed by atoms with Crippen molar-refractivity contribution in [1.82, 2.24) is 0 Å². The van der Waals surface area contributed by atoms with Gasteiger partial charge in [-0.2, -0.15) is 0 Å². The van der Waals surface area contributed by atoms with E-state index in [1.54, 1.807) is 12.1 Å². The average molecular weight is 687 g/mol. The molecule has 0 radical (unpaired) electrons. The van der Waals surface area contributed by atoms with Crippen LogP contribution in [0, 0.1) is 39.3 Å². The van der Waals surface area contributed by atoms with Crippen molar-refractivity contribution in [3.8, 4) is 0 Å². The Balaban J connectivity index is 1.68. The average Bonchev–Trinajstić information content (AvgIpc) is 3.07. The molecular formula is C43H42F2N2P2. The number of hydrogen-bond donors (Lipinski definition) is 0. The molecule has 6 aromatic rings. The van der Waals surface area contributed by atoms with Crippen molar-refractivity contribution in [2.24, 2.45) is 0 Å². The molecule has 49 heavy (non-hydrogen) atoms. The summed E-state index contributed by atoms with van der Waals surface area (Å²) in [5.74, 6) is -0.473. The Kier molecular flexibility index (Phi) is 8.68. The van der Waals surface area contributed by atoms with Crippen LogP contribution in [-0.2, 0) is 0 Å². The van der Waals surface area contributed by atoms with E-state index < -0.39 is 15.2 Å². The number of anilines is 4. The fourth-order valence-electron chi connectivity index (χ4n) is 7.42. The van der Waals surface area contributed by atoms with Gasteiger partial charge in [0.2, 0.25) is 0 Å². The Labute approximate surface area is 291 Å². The topological polar surface area (TPSA) is 6.48 Å². The number of nitrogens with zero attached hydrogens (tertiary/aromatic N) is 2. The maximum absolute atomic E-state index is 15.3. The van der Waals surface area contributed by atoms with Gasteiger partial charge in [0.05, 0.1) is 0 Å². The van der Waals surface area contributed by atoms with Gasteiger partial charge in [0.25, 0.3) is 0 Å². The summed E-state index contributed by atoms with van der Waals surface area (Å²) in [5.41, 5.74) is 8.92. The fraction of sp³-hybridized carbons (Fsp3) is 0.163. The molecular weight excluding hydrogens is 644 g/mol. The third-order valence-corrected chi connectivity index (χ3v) is 16.9. The van der Waals surface area contributed by atoms with Gasteiger partial charge in [-0.25, -0.2) is 0 Å². The molecule has 0 saturated carbocycles. The standard InChI is InChI=1S/C43H42F2N2P2/c1-28-14-18-36-40(22-28)48(34-12-8-10-32(44)26-34)41-23-29(2)15-19-37(41)47(6)39-21-17-31(4)25-43(39)49(7,35-13-9-11-33(45)27-35)42-24-30(3)16-20-38(42)46(36)5/h8-27,49H,1-7H3. The van der Waals surface area contributed by atoms with Crippen molar-refractivity contribution >= 4 is 69.8 Å². The molecule has 0 spiro atoms. The Hall–Kier alpha value is -4.36. The fourth-order valence-corrected chi connectivity index (χ4v) is 14.6. The van der Waals surface area contributed by atoms with Crippen molar-refractivity contribution in [2.45, 2.75) is 27.7 Å². The van der Waals surface area contributed by atoms with Crippen LogP contribution in [0.5, 0.6) is 0 Å². The van der Waals surface area contributed by atoms with Crippen LogP contribution in [0.25, 0.3) is 0 Å². The molecule has 1 heterocycles. The second kappa shape index (κ2) is 12.8. The van der Waals surface area contributed by atoms with E-state index in [0.29, 0.717) is 0 Å². The molecule has 0 bridgehead atoms. The van der Waals surface area contributed by atoms with Crippen molar-refractivity contribution in [3.63, 3.8) is 0 Å². The number of benzene rings is 6. The molecule has 0 fully saturated rings. The van der Waals surface area contributed by atoms with Gasteiger partial charge < -0.3 is 0 Å². The van der Waals surface area contributed by atoms with E-state index in [9.17, 15) is 0 Å². The number of fused-ring (bicyclic) bond motifs is 4. The number of halogens is 2. The first-order chi connectivity index (χ1) is 23.4. The van der Waals surface area contributed by atoms with Gasteiger partial charge in [-0.05, 0) is 0 Å². The van der Waals surface area contributed by atoms with E-state index in [1.165, 1.54) is 22.7 Å². The van der Waals surface area contributed by atoms with Crippen LogP contribution in [0.4, 0.5) is 31.5 Å². The molecule has 2 nitrogen and oxygen atoms in total. The molecule has 0 aromatic heterocycles. The second-order valence-corrected chi connectivity index (χ2v) is 19.6. The molecule has 1 aliphatic rings. The summed E-state index contributed by atoms with van der Waals surface area (Å²) in [5, 5.41) is 6.72. The van der Waals surface area contributed by atoms with Gasteiger partial charge in [0.1, 0.15) is 0 Å². The van der Waals surface area contributed by atoms with Crippen LogP contribution in [0.15, 0.2) is 121 Å². The Bertz CT molecular complexity index is 2120. The van der Waals surface area contributed by atoms with E-state index in [0.717, 1.165) is 66.2 Å². The van der Waals surface area contributed by atoms with Crippen LogP contribution >= 0.6 is 15.2 Å². The number of aryl methyl sites for hydroxylation is 4. The summed E-state index contributed by atoms with van der Waals surface area (Å²) in [6.07, 6.45) is 0. The zero-order valence-electron chi connectivity index (χ0n) is 29.1. The summed E-state index contributed by atoms with van der Waals surface area (Å²) in [7, 11) is 0.148. The number of rotatable bonds is 2. The SMILES string of the molecule is Cc1ccc2c(c1)P(c1cccc(F)c1)c1cc(C)ccc1N(C)c1ccc(C)cc1[PH](C)(c1cccc(F)c1)c1cc(C)ccc1N2C. The van der Waals surface area contributed by atoms with Gasteiger partial charge in [-0.3, -0.25) is 0 Å². The van der Waals surface area contributed by atoms with Gasteiger partial charge in [0.15, 0.2) is 0 Å². The molecule has 0 atom stereocenters. The van der Waals surface area contributed by atoms with E-state index >= 15 is 8.78 Å². The summed E-state index contributed by atoms with van der Waals surface area (Å²) in [6, 6.07) is 41.1. The van der Waals surface area contributed by atoms with Gasteiger partial charge >= 0.3 is 292 Å². The minimum atomic E-state index is -2.93. The molecule has 6 aromatic carbocycles. The molecule has 7 rings (SSSR count).